The molecule has 2 N–H and O–H groups in total. The summed E-state index contributed by atoms with van der Waals surface area (Å²) in [5.74, 6) is -0.692. The average molecular weight is 355 g/mol. The maximum Gasteiger partial charge on any atom is 0.573 e. The summed E-state index contributed by atoms with van der Waals surface area (Å²) in [6.07, 6.45) is -4.01. The van der Waals surface area contributed by atoms with Gasteiger partial charge < -0.3 is 15.4 Å². The van der Waals surface area contributed by atoms with Crippen LogP contribution in [-0.2, 0) is 4.79 Å². The normalized spacial score (nSPS) is 11.1. The number of rotatable bonds is 6. The molecule has 0 fully saturated rings. The van der Waals surface area contributed by atoms with Crippen molar-refractivity contribution in [2.24, 2.45) is 0 Å². The predicted molar refractivity (Wildman–Crippen MR) is 72.6 cm³/mol. The van der Waals surface area contributed by atoms with Gasteiger partial charge in [-0.05, 0) is 24.6 Å². The van der Waals surface area contributed by atoms with E-state index in [0.29, 0.717) is 11.0 Å². The number of carbonyl (C=O) groups excluding carboxylic acids is 1. The van der Waals surface area contributed by atoms with Gasteiger partial charge in [0.25, 0.3) is 0 Å². The van der Waals surface area contributed by atoms with Gasteiger partial charge in [-0.2, -0.15) is 0 Å². The summed E-state index contributed by atoms with van der Waals surface area (Å²) in [7, 11) is 0. The minimum atomic E-state index is -4.79. The van der Waals surface area contributed by atoms with Crippen LogP contribution in [0, 0.1) is 0 Å². The van der Waals surface area contributed by atoms with Crippen LogP contribution in [0.4, 0.5) is 18.9 Å². The van der Waals surface area contributed by atoms with Crippen molar-refractivity contribution >= 4 is 27.5 Å². The highest BCUT2D eigenvalue weighted by Gasteiger charge is 2.32. The summed E-state index contributed by atoms with van der Waals surface area (Å²) in [4.78, 5) is 11.4. The number of halogens is 4. The monoisotopic (exact) mass is 354 g/mol. The molecule has 0 bridgehead atoms. The molecule has 0 saturated carbocycles. The third-order valence-corrected chi connectivity index (χ3v) is 2.67. The molecular weight excluding hydrogens is 341 g/mol. The van der Waals surface area contributed by atoms with Crippen LogP contribution in [0.15, 0.2) is 22.7 Å². The molecule has 1 aromatic carbocycles. The maximum atomic E-state index is 12.3. The van der Waals surface area contributed by atoms with Gasteiger partial charge in [-0.15, -0.1) is 13.2 Å². The van der Waals surface area contributed by atoms with Crippen molar-refractivity contribution in [2.45, 2.75) is 19.7 Å². The zero-order valence-corrected chi connectivity index (χ0v) is 12.3. The van der Waals surface area contributed by atoms with Gasteiger partial charge in [0.2, 0.25) is 5.91 Å². The lowest BCUT2D eigenvalue weighted by molar-refractivity contribution is -0.274. The molecule has 8 heteroatoms. The van der Waals surface area contributed by atoms with Crippen molar-refractivity contribution in [2.75, 3.05) is 18.4 Å². The Kier molecular flexibility index (Phi) is 6.12. The molecule has 0 unspecified atom stereocenters. The molecular formula is C12H14BrF3N2O2. The van der Waals surface area contributed by atoms with Crippen molar-refractivity contribution in [1.29, 1.82) is 0 Å². The summed E-state index contributed by atoms with van der Waals surface area (Å²) in [5, 5.41) is 5.22. The van der Waals surface area contributed by atoms with Crippen LogP contribution >= 0.6 is 15.9 Å². The van der Waals surface area contributed by atoms with Crippen molar-refractivity contribution in [1.82, 2.24) is 5.32 Å². The molecule has 0 saturated heterocycles. The second-order valence-corrected chi connectivity index (χ2v) is 4.81. The summed E-state index contributed by atoms with van der Waals surface area (Å²) in [5.41, 5.74) is 0.0946. The van der Waals surface area contributed by atoms with Crippen molar-refractivity contribution in [3.8, 4) is 5.75 Å². The number of hydrogen-bond donors (Lipinski definition) is 2. The van der Waals surface area contributed by atoms with E-state index in [2.05, 4.69) is 31.3 Å². The van der Waals surface area contributed by atoms with E-state index in [-0.39, 0.29) is 18.1 Å². The van der Waals surface area contributed by atoms with E-state index in [1.807, 2.05) is 6.92 Å². The summed E-state index contributed by atoms with van der Waals surface area (Å²) >= 11 is 3.06. The maximum absolute atomic E-state index is 12.3. The molecule has 1 aromatic rings. The first-order chi connectivity index (χ1) is 9.31. The Labute approximate surface area is 122 Å². The lowest BCUT2D eigenvalue weighted by Crippen LogP contribution is -2.30. The molecule has 0 heterocycles. The Morgan fingerprint density at radius 3 is 2.70 bits per heavy atom. The average Bonchev–Trinajstić information content (AvgIpc) is 2.33. The molecule has 112 valence electrons. The molecule has 4 nitrogen and oxygen atoms in total. The Morgan fingerprint density at radius 1 is 1.40 bits per heavy atom. The molecule has 1 rings (SSSR count). The highest BCUT2D eigenvalue weighted by atomic mass is 79.9. The number of carbonyl (C=O) groups is 1. The Balaban J connectivity index is 2.71. The van der Waals surface area contributed by atoms with Gasteiger partial charge in [-0.3, -0.25) is 4.79 Å². The van der Waals surface area contributed by atoms with Crippen LogP contribution in [0.25, 0.3) is 0 Å². The summed E-state index contributed by atoms with van der Waals surface area (Å²) in [6.45, 7) is 2.29. The lowest BCUT2D eigenvalue weighted by Gasteiger charge is -2.15. The van der Waals surface area contributed by atoms with Crippen LogP contribution in [0.2, 0.25) is 0 Å². The highest BCUT2D eigenvalue weighted by Crippen LogP contribution is 2.32. The molecule has 0 atom stereocenters. The number of hydrogen-bond acceptors (Lipinski definition) is 3. The number of amides is 1. The number of benzene rings is 1. The van der Waals surface area contributed by atoms with Gasteiger partial charge in [0.15, 0.2) is 5.75 Å². The van der Waals surface area contributed by atoms with E-state index in [4.69, 9.17) is 0 Å². The van der Waals surface area contributed by atoms with E-state index < -0.39 is 12.1 Å². The summed E-state index contributed by atoms with van der Waals surface area (Å²) < 4.78 is 41.2. The van der Waals surface area contributed by atoms with E-state index >= 15 is 0 Å². The zero-order chi connectivity index (χ0) is 15.2. The minimum absolute atomic E-state index is 0.0946. The number of alkyl halides is 3. The third kappa shape index (κ3) is 6.14. The fraction of sp³-hybridized carbons (Fsp3) is 0.417. The van der Waals surface area contributed by atoms with Crippen molar-refractivity contribution in [3.05, 3.63) is 22.7 Å². The number of ether oxygens (including phenoxy) is 1. The topological polar surface area (TPSA) is 50.4 Å². The van der Waals surface area contributed by atoms with Gasteiger partial charge in [-0.1, -0.05) is 22.9 Å². The molecule has 0 radical (unpaired) electrons. The van der Waals surface area contributed by atoms with Crippen LogP contribution in [0.5, 0.6) is 5.75 Å². The molecule has 20 heavy (non-hydrogen) atoms. The van der Waals surface area contributed by atoms with Crippen molar-refractivity contribution < 1.29 is 22.7 Å². The van der Waals surface area contributed by atoms with Crippen LogP contribution < -0.4 is 15.4 Å². The van der Waals surface area contributed by atoms with Crippen LogP contribution in [-0.4, -0.2) is 25.4 Å². The van der Waals surface area contributed by atoms with Crippen LogP contribution in [0.3, 0.4) is 0 Å². The smallest absolute Gasteiger partial charge is 0.404 e. The van der Waals surface area contributed by atoms with Crippen LogP contribution in [0.1, 0.15) is 13.3 Å². The molecule has 0 aliphatic rings. The number of nitrogens with one attached hydrogen (secondary N) is 2. The third-order valence-electron chi connectivity index (χ3n) is 2.18. The second-order valence-electron chi connectivity index (χ2n) is 3.89. The fourth-order valence-electron chi connectivity index (χ4n) is 1.35. The highest BCUT2D eigenvalue weighted by molar-refractivity contribution is 9.10. The van der Waals surface area contributed by atoms with Gasteiger partial charge >= 0.3 is 6.36 Å². The van der Waals surface area contributed by atoms with Gasteiger partial charge in [0.05, 0.1) is 12.2 Å². The largest absolute Gasteiger partial charge is 0.573 e. The summed E-state index contributed by atoms with van der Waals surface area (Å²) in [6, 6.07) is 4.13. The Bertz CT molecular complexity index is 467. The molecule has 0 aliphatic carbocycles. The lowest BCUT2D eigenvalue weighted by atomic mass is 10.3. The second kappa shape index (κ2) is 7.37. The molecule has 0 aromatic heterocycles. The molecule has 0 spiro atoms. The molecule has 0 aliphatic heterocycles. The van der Waals surface area contributed by atoms with E-state index in [0.717, 1.165) is 6.42 Å². The van der Waals surface area contributed by atoms with E-state index in [9.17, 15) is 18.0 Å². The van der Waals surface area contributed by atoms with Crippen molar-refractivity contribution in [3.63, 3.8) is 0 Å². The van der Waals surface area contributed by atoms with E-state index in [1.165, 1.54) is 12.1 Å². The molecule has 1 amide bonds. The fourth-order valence-corrected chi connectivity index (χ4v) is 1.69. The SMILES string of the molecule is CCCNC(=O)CNc1ccc(Br)cc1OC(F)(F)F. The van der Waals surface area contributed by atoms with Gasteiger partial charge in [-0.25, -0.2) is 0 Å². The predicted octanol–water partition coefficient (Wildman–Crippen LogP) is 3.29. The standard InChI is InChI=1S/C12H14BrF3N2O2/c1-2-5-17-11(19)7-18-9-4-3-8(13)6-10(9)20-12(14,15)16/h3-4,6,18H,2,5,7H2,1H3,(H,17,19). The van der Waals surface area contributed by atoms with Gasteiger partial charge in [0, 0.05) is 11.0 Å². The first-order valence-electron chi connectivity index (χ1n) is 5.87. The first kappa shape index (κ1) is 16.6. The Hall–Kier alpha value is -1.44. The van der Waals surface area contributed by atoms with Gasteiger partial charge in [0.1, 0.15) is 0 Å². The quantitative estimate of drug-likeness (QED) is 0.824. The zero-order valence-electron chi connectivity index (χ0n) is 10.7. The van der Waals surface area contributed by atoms with E-state index in [1.54, 1.807) is 6.07 Å². The minimum Gasteiger partial charge on any atom is -0.404 e. The Morgan fingerprint density at radius 2 is 2.10 bits per heavy atom. The first-order valence-corrected chi connectivity index (χ1v) is 6.67. The number of anilines is 1.